The molecule has 144 valence electrons. The molecule has 0 aliphatic carbocycles. The van der Waals surface area contributed by atoms with Crippen molar-refractivity contribution >= 4 is 35.1 Å². The number of carbonyl (C=O) groups excluding carboxylic acids is 1. The minimum Gasteiger partial charge on any atom is -0.383 e. The number of anilines is 1. The quantitative estimate of drug-likeness (QED) is 0.313. The number of ether oxygens (including phenoxy) is 1. The first kappa shape index (κ1) is 19.9. The zero-order valence-electron chi connectivity index (χ0n) is 15.3. The Morgan fingerprint density at radius 2 is 2.11 bits per heavy atom. The highest BCUT2D eigenvalue weighted by Crippen LogP contribution is 2.26. The van der Waals surface area contributed by atoms with E-state index in [9.17, 15) is 4.79 Å². The van der Waals surface area contributed by atoms with Crippen molar-refractivity contribution in [3.63, 3.8) is 0 Å². The molecule has 8 heteroatoms. The second kappa shape index (κ2) is 9.92. The Balaban J connectivity index is 1.63. The Bertz CT molecular complexity index is 784. The third-order valence-corrected chi connectivity index (χ3v) is 5.35. The van der Waals surface area contributed by atoms with Crippen molar-refractivity contribution in [1.82, 2.24) is 15.3 Å². The van der Waals surface area contributed by atoms with Gasteiger partial charge in [-0.15, -0.1) is 0 Å². The van der Waals surface area contributed by atoms with Crippen LogP contribution in [0.1, 0.15) is 28.8 Å². The summed E-state index contributed by atoms with van der Waals surface area (Å²) in [6.45, 7) is 3.01. The summed E-state index contributed by atoms with van der Waals surface area (Å²) in [5.74, 6) is 1.45. The molecule has 1 aliphatic heterocycles. The first-order chi connectivity index (χ1) is 13.2. The molecule has 1 aliphatic rings. The SMILES string of the molecule is COCCNC(=O)c1cccc(CSc2nc(Cl)cc(N3CCCC3)n2)c1. The summed E-state index contributed by atoms with van der Waals surface area (Å²) < 4.78 is 4.95. The second-order valence-corrected chi connectivity index (χ2v) is 7.59. The summed E-state index contributed by atoms with van der Waals surface area (Å²) in [7, 11) is 1.61. The van der Waals surface area contributed by atoms with Gasteiger partial charge in [0.1, 0.15) is 11.0 Å². The summed E-state index contributed by atoms with van der Waals surface area (Å²) in [6.07, 6.45) is 2.37. The third-order valence-electron chi connectivity index (χ3n) is 4.24. The number of hydrogen-bond acceptors (Lipinski definition) is 6. The zero-order valence-corrected chi connectivity index (χ0v) is 16.9. The number of halogens is 1. The lowest BCUT2D eigenvalue weighted by Crippen LogP contribution is -2.26. The van der Waals surface area contributed by atoms with Gasteiger partial charge in [-0.1, -0.05) is 35.5 Å². The van der Waals surface area contributed by atoms with Crippen molar-refractivity contribution in [2.75, 3.05) is 38.3 Å². The normalized spacial score (nSPS) is 13.8. The topological polar surface area (TPSA) is 67.3 Å². The Hall–Kier alpha value is -1.83. The van der Waals surface area contributed by atoms with E-state index in [-0.39, 0.29) is 5.91 Å². The molecule has 0 bridgehead atoms. The van der Waals surface area contributed by atoms with Crippen LogP contribution < -0.4 is 10.2 Å². The molecule has 0 radical (unpaired) electrons. The molecule has 1 aromatic carbocycles. The van der Waals surface area contributed by atoms with Crippen LogP contribution in [-0.2, 0) is 10.5 Å². The number of carbonyl (C=O) groups is 1. The van der Waals surface area contributed by atoms with Crippen LogP contribution in [0.5, 0.6) is 0 Å². The smallest absolute Gasteiger partial charge is 0.251 e. The van der Waals surface area contributed by atoms with Gasteiger partial charge in [0, 0.05) is 44.1 Å². The molecule has 1 N–H and O–H groups in total. The van der Waals surface area contributed by atoms with Gasteiger partial charge in [0.2, 0.25) is 0 Å². The fourth-order valence-corrected chi connectivity index (χ4v) is 3.90. The van der Waals surface area contributed by atoms with Crippen molar-refractivity contribution in [2.24, 2.45) is 0 Å². The minimum atomic E-state index is -0.103. The van der Waals surface area contributed by atoms with Crippen LogP contribution >= 0.6 is 23.4 Å². The van der Waals surface area contributed by atoms with Crippen molar-refractivity contribution in [1.29, 1.82) is 0 Å². The average Bonchev–Trinajstić information content (AvgIpc) is 3.21. The molecule has 0 saturated carbocycles. The van der Waals surface area contributed by atoms with Crippen LogP contribution in [0.25, 0.3) is 0 Å². The van der Waals surface area contributed by atoms with Gasteiger partial charge in [0.25, 0.3) is 5.91 Å². The summed E-state index contributed by atoms with van der Waals surface area (Å²) in [5, 5.41) is 3.94. The molecular weight excluding hydrogens is 384 g/mol. The molecule has 2 heterocycles. The lowest BCUT2D eigenvalue weighted by atomic mass is 10.1. The van der Waals surface area contributed by atoms with Crippen molar-refractivity contribution in [3.8, 4) is 0 Å². The summed E-state index contributed by atoms with van der Waals surface area (Å²) in [6, 6.07) is 9.39. The van der Waals surface area contributed by atoms with E-state index in [1.54, 1.807) is 13.2 Å². The van der Waals surface area contributed by atoms with Gasteiger partial charge < -0.3 is 15.0 Å². The number of methoxy groups -OCH3 is 1. The molecular formula is C19H23ClN4O2S. The highest BCUT2D eigenvalue weighted by molar-refractivity contribution is 7.98. The predicted octanol–water partition coefficient (Wildman–Crippen LogP) is 3.40. The first-order valence-corrected chi connectivity index (χ1v) is 10.3. The highest BCUT2D eigenvalue weighted by Gasteiger charge is 2.16. The molecule has 2 aromatic rings. The van der Waals surface area contributed by atoms with E-state index in [4.69, 9.17) is 16.3 Å². The van der Waals surface area contributed by atoms with Gasteiger partial charge in [-0.2, -0.15) is 0 Å². The van der Waals surface area contributed by atoms with Crippen molar-refractivity contribution in [3.05, 3.63) is 46.6 Å². The van der Waals surface area contributed by atoms with Gasteiger partial charge in [-0.25, -0.2) is 9.97 Å². The molecule has 3 rings (SSSR count). The predicted molar refractivity (Wildman–Crippen MR) is 109 cm³/mol. The van der Waals surface area contributed by atoms with Crippen LogP contribution in [0, 0.1) is 0 Å². The van der Waals surface area contributed by atoms with Gasteiger partial charge >= 0.3 is 0 Å². The van der Waals surface area contributed by atoms with Crippen LogP contribution in [0.3, 0.4) is 0 Å². The van der Waals surface area contributed by atoms with E-state index < -0.39 is 0 Å². The fourth-order valence-electron chi connectivity index (χ4n) is 2.88. The monoisotopic (exact) mass is 406 g/mol. The van der Waals surface area contributed by atoms with Crippen molar-refractivity contribution < 1.29 is 9.53 Å². The number of nitrogens with one attached hydrogen (secondary N) is 1. The van der Waals surface area contributed by atoms with E-state index in [0.717, 1.165) is 24.5 Å². The molecule has 0 atom stereocenters. The number of thioether (sulfide) groups is 1. The number of hydrogen-bond donors (Lipinski definition) is 1. The Morgan fingerprint density at radius 3 is 2.89 bits per heavy atom. The molecule has 27 heavy (non-hydrogen) atoms. The lowest BCUT2D eigenvalue weighted by Gasteiger charge is -2.16. The molecule has 0 unspecified atom stereocenters. The Kier molecular flexibility index (Phi) is 7.32. The number of benzene rings is 1. The Morgan fingerprint density at radius 1 is 1.30 bits per heavy atom. The largest absolute Gasteiger partial charge is 0.383 e. The minimum absolute atomic E-state index is 0.103. The van der Waals surface area contributed by atoms with Gasteiger partial charge in [0.05, 0.1) is 6.61 Å². The zero-order chi connectivity index (χ0) is 19.1. The fraction of sp³-hybridized carbons (Fsp3) is 0.421. The van der Waals surface area contributed by atoms with E-state index in [0.29, 0.717) is 34.8 Å². The summed E-state index contributed by atoms with van der Waals surface area (Å²) >= 11 is 7.70. The van der Waals surface area contributed by atoms with Crippen LogP contribution in [0.4, 0.5) is 5.82 Å². The molecule has 1 fully saturated rings. The van der Waals surface area contributed by atoms with Gasteiger partial charge in [-0.05, 0) is 30.5 Å². The number of rotatable bonds is 8. The summed E-state index contributed by atoms with van der Waals surface area (Å²) in [5.41, 5.74) is 1.67. The molecule has 0 spiro atoms. The van der Waals surface area contributed by atoms with Crippen LogP contribution in [0.2, 0.25) is 5.15 Å². The Labute approximate surface area is 168 Å². The number of nitrogens with zero attached hydrogens (tertiary/aromatic N) is 3. The van der Waals surface area contributed by atoms with Gasteiger partial charge in [0.15, 0.2) is 5.16 Å². The first-order valence-electron chi connectivity index (χ1n) is 8.94. The second-order valence-electron chi connectivity index (χ2n) is 6.26. The van der Waals surface area contributed by atoms with Gasteiger partial charge in [-0.3, -0.25) is 4.79 Å². The van der Waals surface area contributed by atoms with Crippen LogP contribution in [-0.4, -0.2) is 49.2 Å². The van der Waals surface area contributed by atoms with E-state index >= 15 is 0 Å². The highest BCUT2D eigenvalue weighted by atomic mass is 35.5. The third kappa shape index (κ3) is 5.82. The van der Waals surface area contributed by atoms with E-state index in [2.05, 4.69) is 20.2 Å². The standard InChI is InChI=1S/C19H23ClN4O2S/c1-26-10-7-21-18(25)15-6-4-5-14(11-15)13-27-19-22-16(20)12-17(23-19)24-8-2-3-9-24/h4-6,11-12H,2-3,7-10,13H2,1H3,(H,21,25). The summed E-state index contributed by atoms with van der Waals surface area (Å²) in [4.78, 5) is 23.4. The van der Waals surface area contributed by atoms with E-state index in [1.165, 1.54) is 24.6 Å². The molecule has 6 nitrogen and oxygen atoms in total. The number of aromatic nitrogens is 2. The molecule has 1 amide bonds. The maximum Gasteiger partial charge on any atom is 0.251 e. The number of amides is 1. The van der Waals surface area contributed by atoms with Crippen LogP contribution in [0.15, 0.2) is 35.5 Å². The lowest BCUT2D eigenvalue weighted by molar-refractivity contribution is 0.0937. The maximum absolute atomic E-state index is 12.2. The van der Waals surface area contributed by atoms with E-state index in [1.807, 2.05) is 24.3 Å². The average molecular weight is 407 g/mol. The van der Waals surface area contributed by atoms with Crippen molar-refractivity contribution in [2.45, 2.75) is 23.8 Å². The maximum atomic E-state index is 12.2. The molecule has 1 aromatic heterocycles. The molecule has 1 saturated heterocycles.